The average molecular weight is 357 g/mol. The average Bonchev–Trinajstić information content (AvgIpc) is 3.37. The largest absolute Gasteiger partial charge is 0.377 e. The fraction of sp³-hybridized carbons (Fsp3) is 0.667. The molecule has 1 amide bonds. The molecule has 1 aromatic carbocycles. The van der Waals surface area contributed by atoms with Gasteiger partial charge < -0.3 is 9.64 Å². The van der Waals surface area contributed by atoms with Gasteiger partial charge in [-0.05, 0) is 43.4 Å². The summed E-state index contributed by atoms with van der Waals surface area (Å²) < 4.78 is 5.76. The molecule has 3 saturated heterocycles. The molecule has 1 atom stereocenters. The van der Waals surface area contributed by atoms with Gasteiger partial charge in [0.1, 0.15) is 0 Å². The molecule has 1 unspecified atom stereocenters. The minimum absolute atomic E-state index is 0.191. The Morgan fingerprint density at radius 1 is 0.923 bits per heavy atom. The van der Waals surface area contributed by atoms with Crippen LogP contribution < -0.4 is 0 Å². The van der Waals surface area contributed by atoms with Crippen LogP contribution in [-0.2, 0) is 11.3 Å². The molecule has 1 aromatic rings. The normalized spacial score (nSPS) is 25.1. The van der Waals surface area contributed by atoms with Gasteiger partial charge in [-0.3, -0.25) is 14.6 Å². The zero-order valence-corrected chi connectivity index (χ0v) is 15.7. The first kappa shape index (κ1) is 18.0. The molecule has 3 fully saturated rings. The van der Waals surface area contributed by atoms with Gasteiger partial charge in [-0.2, -0.15) is 0 Å². The number of benzene rings is 1. The standard InChI is InChI=1S/C21H31N3O2/c25-21(24-9-1-2-10-24)19-7-5-18(6-8-19)16-22-11-13-23(14-12-22)17-20-4-3-15-26-20/h5-8,20H,1-4,9-17H2. The molecular weight excluding hydrogens is 326 g/mol. The highest BCUT2D eigenvalue weighted by molar-refractivity contribution is 5.94. The zero-order chi connectivity index (χ0) is 17.8. The van der Waals surface area contributed by atoms with Crippen molar-refractivity contribution in [3.8, 4) is 0 Å². The van der Waals surface area contributed by atoms with E-state index in [2.05, 4.69) is 21.9 Å². The van der Waals surface area contributed by atoms with Gasteiger partial charge in [0.15, 0.2) is 0 Å². The molecule has 5 heteroatoms. The molecule has 5 nitrogen and oxygen atoms in total. The number of likely N-dealkylation sites (tertiary alicyclic amines) is 1. The number of hydrogen-bond donors (Lipinski definition) is 0. The highest BCUT2D eigenvalue weighted by Gasteiger charge is 2.23. The van der Waals surface area contributed by atoms with Crippen LogP contribution in [0.4, 0.5) is 0 Å². The SMILES string of the molecule is O=C(c1ccc(CN2CCN(CC3CCCO3)CC2)cc1)N1CCCC1. The summed E-state index contributed by atoms with van der Waals surface area (Å²) in [6, 6.07) is 8.26. The van der Waals surface area contributed by atoms with Gasteiger partial charge >= 0.3 is 0 Å². The third kappa shape index (κ3) is 4.45. The lowest BCUT2D eigenvalue weighted by Crippen LogP contribution is -2.48. The first-order valence-corrected chi connectivity index (χ1v) is 10.2. The maximum atomic E-state index is 12.4. The quantitative estimate of drug-likeness (QED) is 0.810. The van der Waals surface area contributed by atoms with E-state index < -0.39 is 0 Å². The predicted octanol–water partition coefficient (Wildman–Crippen LogP) is 2.22. The highest BCUT2D eigenvalue weighted by atomic mass is 16.5. The number of piperazine rings is 1. The maximum absolute atomic E-state index is 12.4. The minimum Gasteiger partial charge on any atom is -0.377 e. The van der Waals surface area contributed by atoms with Crippen molar-refractivity contribution in [3.05, 3.63) is 35.4 Å². The van der Waals surface area contributed by atoms with Gasteiger partial charge in [-0.25, -0.2) is 0 Å². The van der Waals surface area contributed by atoms with Crippen LogP contribution in [0.2, 0.25) is 0 Å². The lowest BCUT2D eigenvalue weighted by Gasteiger charge is -2.35. The van der Waals surface area contributed by atoms with Crippen molar-refractivity contribution in [3.63, 3.8) is 0 Å². The first-order chi connectivity index (χ1) is 12.8. The van der Waals surface area contributed by atoms with E-state index in [4.69, 9.17) is 4.74 Å². The number of hydrogen-bond acceptors (Lipinski definition) is 4. The van der Waals surface area contributed by atoms with Gasteiger partial charge in [0.2, 0.25) is 0 Å². The minimum atomic E-state index is 0.191. The molecular formula is C21H31N3O2. The highest BCUT2D eigenvalue weighted by Crippen LogP contribution is 2.17. The van der Waals surface area contributed by atoms with Crippen LogP contribution in [0.15, 0.2) is 24.3 Å². The van der Waals surface area contributed by atoms with Crippen LogP contribution in [0, 0.1) is 0 Å². The lowest BCUT2D eigenvalue weighted by molar-refractivity contribution is 0.0489. The zero-order valence-electron chi connectivity index (χ0n) is 15.7. The Morgan fingerprint density at radius 3 is 2.27 bits per heavy atom. The van der Waals surface area contributed by atoms with Crippen molar-refractivity contribution in [1.29, 1.82) is 0 Å². The Morgan fingerprint density at radius 2 is 1.62 bits per heavy atom. The van der Waals surface area contributed by atoms with E-state index in [1.54, 1.807) is 0 Å². The van der Waals surface area contributed by atoms with Gasteiger partial charge in [0.25, 0.3) is 5.91 Å². The summed E-state index contributed by atoms with van der Waals surface area (Å²) in [4.78, 5) is 19.5. The Labute approximate surface area is 156 Å². The predicted molar refractivity (Wildman–Crippen MR) is 102 cm³/mol. The summed E-state index contributed by atoms with van der Waals surface area (Å²) in [7, 11) is 0. The molecule has 0 aliphatic carbocycles. The monoisotopic (exact) mass is 357 g/mol. The molecule has 0 radical (unpaired) electrons. The van der Waals surface area contributed by atoms with E-state index in [9.17, 15) is 4.79 Å². The summed E-state index contributed by atoms with van der Waals surface area (Å²) in [5.41, 5.74) is 2.13. The van der Waals surface area contributed by atoms with Crippen LogP contribution in [0.25, 0.3) is 0 Å². The van der Waals surface area contributed by atoms with Crippen molar-refractivity contribution in [1.82, 2.24) is 14.7 Å². The summed E-state index contributed by atoms with van der Waals surface area (Å²) >= 11 is 0. The fourth-order valence-electron chi connectivity index (χ4n) is 4.32. The number of nitrogens with zero attached hydrogens (tertiary/aromatic N) is 3. The Kier molecular flexibility index (Phi) is 5.88. The molecule has 0 spiro atoms. The Bertz CT molecular complexity index is 584. The molecule has 3 heterocycles. The molecule has 142 valence electrons. The number of rotatable bonds is 5. The lowest BCUT2D eigenvalue weighted by atomic mass is 10.1. The van der Waals surface area contributed by atoms with Crippen molar-refractivity contribution >= 4 is 5.91 Å². The summed E-state index contributed by atoms with van der Waals surface area (Å²) in [6.07, 6.45) is 5.19. The van der Waals surface area contributed by atoms with Crippen LogP contribution in [0.1, 0.15) is 41.6 Å². The van der Waals surface area contributed by atoms with Crippen molar-refractivity contribution in [2.24, 2.45) is 0 Å². The Balaban J connectivity index is 1.23. The number of ether oxygens (including phenoxy) is 1. The third-order valence-corrected chi connectivity index (χ3v) is 5.95. The number of amides is 1. The van der Waals surface area contributed by atoms with E-state index in [1.165, 1.54) is 18.4 Å². The van der Waals surface area contributed by atoms with Crippen LogP contribution >= 0.6 is 0 Å². The van der Waals surface area contributed by atoms with E-state index in [1.807, 2.05) is 17.0 Å². The van der Waals surface area contributed by atoms with E-state index in [-0.39, 0.29) is 5.91 Å². The van der Waals surface area contributed by atoms with Crippen LogP contribution in [-0.4, -0.2) is 79.1 Å². The van der Waals surface area contributed by atoms with Crippen molar-refractivity contribution < 1.29 is 9.53 Å². The molecule has 0 saturated carbocycles. The van der Waals surface area contributed by atoms with Crippen LogP contribution in [0.3, 0.4) is 0 Å². The smallest absolute Gasteiger partial charge is 0.253 e. The second-order valence-electron chi connectivity index (χ2n) is 7.91. The van der Waals surface area contributed by atoms with E-state index in [0.29, 0.717) is 6.10 Å². The molecule has 0 aromatic heterocycles. The Hall–Kier alpha value is -1.43. The van der Waals surface area contributed by atoms with Gasteiger partial charge in [-0.1, -0.05) is 12.1 Å². The third-order valence-electron chi connectivity index (χ3n) is 5.95. The number of carbonyl (C=O) groups is 1. The fourth-order valence-corrected chi connectivity index (χ4v) is 4.32. The van der Waals surface area contributed by atoms with Crippen molar-refractivity contribution in [2.45, 2.75) is 38.3 Å². The van der Waals surface area contributed by atoms with E-state index in [0.717, 1.165) is 77.4 Å². The van der Waals surface area contributed by atoms with Crippen molar-refractivity contribution in [2.75, 3.05) is 52.4 Å². The molecule has 3 aliphatic heterocycles. The molecule has 26 heavy (non-hydrogen) atoms. The molecule has 0 bridgehead atoms. The summed E-state index contributed by atoms with van der Waals surface area (Å²) in [5.74, 6) is 0.191. The molecule has 3 aliphatic rings. The second-order valence-corrected chi connectivity index (χ2v) is 7.91. The maximum Gasteiger partial charge on any atom is 0.253 e. The summed E-state index contributed by atoms with van der Waals surface area (Å²) in [5, 5.41) is 0. The second kappa shape index (κ2) is 8.51. The molecule has 4 rings (SSSR count). The summed E-state index contributed by atoms with van der Waals surface area (Å²) in [6.45, 7) is 9.33. The van der Waals surface area contributed by atoms with Gasteiger partial charge in [-0.15, -0.1) is 0 Å². The van der Waals surface area contributed by atoms with Gasteiger partial charge in [0.05, 0.1) is 6.10 Å². The molecule has 0 N–H and O–H groups in total. The van der Waals surface area contributed by atoms with Crippen LogP contribution in [0.5, 0.6) is 0 Å². The number of carbonyl (C=O) groups excluding carboxylic acids is 1. The first-order valence-electron chi connectivity index (χ1n) is 10.2. The van der Waals surface area contributed by atoms with E-state index >= 15 is 0 Å². The topological polar surface area (TPSA) is 36.0 Å². The van der Waals surface area contributed by atoms with Gasteiger partial charge in [0, 0.05) is 64.5 Å².